The van der Waals surface area contributed by atoms with E-state index in [4.69, 9.17) is 10.5 Å². The molecule has 0 radical (unpaired) electrons. The SMILES string of the molecule is COc1ccc2c(c1)C1CC1(C(=O)N1[C@@H]3C[C@H]1CN(C(C)=O)C3)Cn1c-2c(C2CCCCC2)c2ccc(C(N)=O)cc21. The van der Waals surface area contributed by atoms with E-state index in [1.807, 2.05) is 23.1 Å². The Kier molecular flexibility index (Phi) is 5.60. The van der Waals surface area contributed by atoms with E-state index in [1.165, 1.54) is 47.0 Å². The number of aromatic nitrogens is 1. The van der Waals surface area contributed by atoms with Crippen LogP contribution in [0.1, 0.15) is 85.2 Å². The minimum absolute atomic E-state index is 0.0821. The topological polar surface area (TPSA) is 97.9 Å². The van der Waals surface area contributed by atoms with Gasteiger partial charge in [0.05, 0.1) is 30.3 Å². The Morgan fingerprint density at radius 3 is 2.45 bits per heavy atom. The summed E-state index contributed by atoms with van der Waals surface area (Å²) in [7, 11) is 1.70. The Labute approximate surface area is 245 Å². The van der Waals surface area contributed by atoms with Gasteiger partial charge in [0, 0.05) is 54.5 Å². The van der Waals surface area contributed by atoms with Crippen molar-refractivity contribution in [1.29, 1.82) is 0 Å². The van der Waals surface area contributed by atoms with E-state index >= 15 is 0 Å². The molecule has 3 aliphatic heterocycles. The van der Waals surface area contributed by atoms with Crippen LogP contribution in [0.4, 0.5) is 0 Å². The fourth-order valence-corrected chi connectivity index (χ4v) is 8.89. The largest absolute Gasteiger partial charge is 0.497 e. The van der Waals surface area contributed by atoms with Gasteiger partial charge in [-0.2, -0.15) is 0 Å². The first-order valence-electron chi connectivity index (χ1n) is 15.5. The Bertz CT molecular complexity index is 1660. The van der Waals surface area contributed by atoms with Crippen molar-refractivity contribution in [1.82, 2.24) is 14.4 Å². The van der Waals surface area contributed by atoms with Gasteiger partial charge in [-0.3, -0.25) is 14.4 Å². The smallest absolute Gasteiger partial charge is 0.248 e. The summed E-state index contributed by atoms with van der Waals surface area (Å²) in [5.41, 5.74) is 11.6. The van der Waals surface area contributed by atoms with Gasteiger partial charge >= 0.3 is 0 Å². The van der Waals surface area contributed by atoms with Crippen molar-refractivity contribution in [2.75, 3.05) is 20.2 Å². The highest BCUT2D eigenvalue weighted by atomic mass is 16.5. The zero-order valence-electron chi connectivity index (χ0n) is 24.4. The average molecular weight is 567 g/mol. The molecule has 2 saturated heterocycles. The Hall–Kier alpha value is -3.81. The van der Waals surface area contributed by atoms with E-state index < -0.39 is 11.3 Å². The number of rotatable bonds is 4. The first-order chi connectivity index (χ1) is 20.3. The molecule has 3 amide bonds. The van der Waals surface area contributed by atoms with Crippen LogP contribution in [0, 0.1) is 5.41 Å². The predicted octanol–water partition coefficient (Wildman–Crippen LogP) is 4.78. The third kappa shape index (κ3) is 3.56. The van der Waals surface area contributed by atoms with Gasteiger partial charge in [0.1, 0.15) is 5.75 Å². The first kappa shape index (κ1) is 25.9. The van der Waals surface area contributed by atoms with Gasteiger partial charge in [0.2, 0.25) is 17.7 Å². The lowest BCUT2D eigenvalue weighted by atomic mass is 9.81. The second-order valence-electron chi connectivity index (χ2n) is 13.3. The maximum absolute atomic E-state index is 14.7. The van der Waals surface area contributed by atoms with Crippen molar-refractivity contribution < 1.29 is 19.1 Å². The molecule has 4 heterocycles. The number of carbonyl (C=O) groups excluding carboxylic acids is 3. The maximum atomic E-state index is 14.7. The van der Waals surface area contributed by atoms with Crippen LogP contribution >= 0.6 is 0 Å². The Balaban J connectivity index is 1.31. The Morgan fingerprint density at radius 2 is 1.76 bits per heavy atom. The zero-order chi connectivity index (χ0) is 28.9. The van der Waals surface area contributed by atoms with Gasteiger partial charge in [-0.25, -0.2) is 0 Å². The van der Waals surface area contributed by atoms with Gasteiger partial charge in [0.15, 0.2) is 0 Å². The van der Waals surface area contributed by atoms with Crippen LogP contribution in [0.5, 0.6) is 5.75 Å². The number of methoxy groups -OCH3 is 1. The number of ether oxygens (including phenoxy) is 1. The normalized spacial score (nSPS) is 27.8. The summed E-state index contributed by atoms with van der Waals surface area (Å²) in [6.07, 6.45) is 7.73. The van der Waals surface area contributed by atoms with Crippen molar-refractivity contribution >= 4 is 28.6 Å². The number of piperazine rings is 1. The number of fused-ring (bicyclic) bond motifs is 9. The molecule has 4 fully saturated rings. The predicted molar refractivity (Wildman–Crippen MR) is 159 cm³/mol. The van der Waals surface area contributed by atoms with Crippen LogP contribution in [-0.2, 0) is 16.1 Å². The molecular formula is C34H38N4O4. The molecule has 8 rings (SSSR count). The molecular weight excluding hydrogens is 528 g/mol. The van der Waals surface area contributed by atoms with E-state index in [-0.39, 0.29) is 29.8 Å². The van der Waals surface area contributed by atoms with Crippen LogP contribution in [0.2, 0.25) is 0 Å². The van der Waals surface area contributed by atoms with Crippen LogP contribution in [0.15, 0.2) is 36.4 Å². The number of likely N-dealkylation sites (tertiary alicyclic amines) is 2. The van der Waals surface area contributed by atoms with Crippen molar-refractivity contribution in [3.8, 4) is 17.0 Å². The monoisotopic (exact) mass is 566 g/mol. The van der Waals surface area contributed by atoms with E-state index in [0.717, 1.165) is 36.9 Å². The lowest BCUT2D eigenvalue weighted by Crippen LogP contribution is -2.71. The van der Waals surface area contributed by atoms with Crippen molar-refractivity contribution in [3.63, 3.8) is 0 Å². The highest BCUT2D eigenvalue weighted by Crippen LogP contribution is 2.67. The fourth-order valence-electron chi connectivity index (χ4n) is 8.89. The molecule has 218 valence electrons. The van der Waals surface area contributed by atoms with E-state index in [9.17, 15) is 14.4 Å². The molecule has 5 aliphatic rings. The van der Waals surface area contributed by atoms with Crippen LogP contribution in [0.3, 0.4) is 0 Å². The molecule has 8 heteroatoms. The van der Waals surface area contributed by atoms with Gasteiger partial charge in [-0.1, -0.05) is 25.3 Å². The molecule has 8 nitrogen and oxygen atoms in total. The number of primary amides is 1. The summed E-state index contributed by atoms with van der Waals surface area (Å²) in [6, 6.07) is 12.4. The summed E-state index contributed by atoms with van der Waals surface area (Å²) >= 11 is 0. The molecule has 2 unspecified atom stereocenters. The summed E-state index contributed by atoms with van der Waals surface area (Å²) in [4.78, 5) is 43.1. The van der Waals surface area contributed by atoms with Crippen molar-refractivity contribution in [2.45, 2.75) is 82.3 Å². The third-order valence-electron chi connectivity index (χ3n) is 11.1. The number of carbonyl (C=O) groups is 3. The Morgan fingerprint density at radius 1 is 1.00 bits per heavy atom. The third-order valence-corrected chi connectivity index (χ3v) is 11.1. The molecule has 0 spiro atoms. The molecule has 3 aromatic rings. The number of nitrogens with zero attached hydrogens (tertiary/aromatic N) is 3. The summed E-state index contributed by atoms with van der Waals surface area (Å²) < 4.78 is 8.06. The average Bonchev–Trinajstić information content (AvgIpc) is 3.67. The van der Waals surface area contributed by atoms with Crippen LogP contribution in [-0.4, -0.2) is 64.4 Å². The molecule has 4 atom stereocenters. The minimum Gasteiger partial charge on any atom is -0.497 e. The number of piperidine rings is 1. The second-order valence-corrected chi connectivity index (χ2v) is 13.3. The number of hydrogen-bond acceptors (Lipinski definition) is 4. The van der Waals surface area contributed by atoms with Gasteiger partial charge < -0.3 is 24.8 Å². The summed E-state index contributed by atoms with van der Waals surface area (Å²) in [6.45, 7) is 3.42. The van der Waals surface area contributed by atoms with Crippen molar-refractivity contribution in [3.05, 3.63) is 53.1 Å². The lowest BCUT2D eigenvalue weighted by Gasteiger charge is -2.57. The molecule has 1 aromatic heterocycles. The van der Waals surface area contributed by atoms with Gasteiger partial charge in [-0.15, -0.1) is 0 Å². The number of nitrogens with two attached hydrogens (primary N) is 1. The second kappa shape index (κ2) is 9.09. The maximum Gasteiger partial charge on any atom is 0.248 e. The summed E-state index contributed by atoms with van der Waals surface area (Å²) in [5, 5.41) is 1.17. The number of amides is 3. The fraction of sp³-hybridized carbons (Fsp3) is 0.500. The molecule has 2 aliphatic carbocycles. The molecule has 2 N–H and O–H groups in total. The number of benzene rings is 2. The highest BCUT2D eigenvalue weighted by molar-refractivity contribution is 6.01. The zero-order valence-corrected chi connectivity index (χ0v) is 24.4. The van der Waals surface area contributed by atoms with Gasteiger partial charge in [0.25, 0.3) is 0 Å². The lowest BCUT2D eigenvalue weighted by molar-refractivity contribution is -0.165. The van der Waals surface area contributed by atoms with Crippen molar-refractivity contribution in [2.24, 2.45) is 11.1 Å². The highest BCUT2D eigenvalue weighted by Gasteiger charge is 2.66. The molecule has 2 bridgehead atoms. The molecule has 2 aromatic carbocycles. The van der Waals surface area contributed by atoms with Crippen LogP contribution in [0.25, 0.3) is 22.2 Å². The van der Waals surface area contributed by atoms with E-state index in [1.54, 1.807) is 14.0 Å². The van der Waals surface area contributed by atoms with E-state index in [2.05, 4.69) is 27.7 Å². The van der Waals surface area contributed by atoms with E-state index in [0.29, 0.717) is 31.1 Å². The van der Waals surface area contributed by atoms with Crippen LogP contribution < -0.4 is 10.5 Å². The standard InChI is InChI=1S/C34H38N4O4/c1-19(39)36-16-22-13-23(17-36)38(22)33(41)34-15-28(34)27-14-24(42-2)9-11-25(27)31-30(20-6-4-3-5-7-20)26-10-8-21(32(35)40)12-29(26)37(31)18-34/h8-12,14,20,22-23,28H,3-7,13,15-18H2,1-2H3,(H2,35,40)/t22-,23+,28?,34?. The quantitative estimate of drug-likeness (QED) is 0.491. The number of hydrogen-bond donors (Lipinski definition) is 1. The first-order valence-corrected chi connectivity index (χ1v) is 15.5. The molecule has 42 heavy (non-hydrogen) atoms. The minimum atomic E-state index is -0.569. The van der Waals surface area contributed by atoms with Gasteiger partial charge in [-0.05, 0) is 73.1 Å². The summed E-state index contributed by atoms with van der Waals surface area (Å²) in [5.74, 6) is 1.18. The molecule has 2 saturated carbocycles.